The van der Waals surface area contributed by atoms with Crippen LogP contribution in [0.4, 0.5) is 5.95 Å². The zero-order valence-corrected chi connectivity index (χ0v) is 21.7. The highest BCUT2D eigenvalue weighted by Crippen LogP contribution is 2.23. The molecule has 0 amide bonds. The van der Waals surface area contributed by atoms with Crippen LogP contribution in [0.2, 0.25) is 0 Å². The van der Waals surface area contributed by atoms with Gasteiger partial charge in [0, 0.05) is 30.5 Å². The number of hydrogen-bond acceptors (Lipinski definition) is 9. The Morgan fingerprint density at radius 2 is 1.89 bits per heavy atom. The van der Waals surface area contributed by atoms with Gasteiger partial charge in [-0.15, -0.1) is 5.92 Å². The van der Waals surface area contributed by atoms with Gasteiger partial charge in [0.15, 0.2) is 11.2 Å². The fourth-order valence-electron chi connectivity index (χ4n) is 4.65. The van der Waals surface area contributed by atoms with E-state index in [2.05, 4.69) is 21.8 Å². The quantitative estimate of drug-likeness (QED) is 0.353. The van der Waals surface area contributed by atoms with E-state index in [4.69, 9.17) is 15.5 Å². The zero-order valence-electron chi connectivity index (χ0n) is 21.7. The second-order valence-corrected chi connectivity index (χ2v) is 9.08. The first kappa shape index (κ1) is 26.1. The third-order valence-corrected chi connectivity index (χ3v) is 6.17. The summed E-state index contributed by atoms with van der Waals surface area (Å²) in [4.78, 5) is 55.5. The number of anilines is 1. The second kappa shape index (κ2) is 11.0. The van der Waals surface area contributed by atoms with E-state index in [1.54, 1.807) is 18.4 Å². The molecule has 12 nitrogen and oxygen atoms in total. The molecule has 4 rings (SSSR count). The molecular formula is C25H32N8O4. The van der Waals surface area contributed by atoms with Gasteiger partial charge in [0.2, 0.25) is 5.95 Å². The lowest BCUT2D eigenvalue weighted by Crippen LogP contribution is -2.44. The summed E-state index contributed by atoms with van der Waals surface area (Å²) in [6, 6.07) is 1.77. The molecule has 0 aliphatic carbocycles. The number of fused-ring (bicyclic) bond motifs is 1. The molecule has 3 aromatic heterocycles. The van der Waals surface area contributed by atoms with Gasteiger partial charge in [-0.2, -0.15) is 4.98 Å². The van der Waals surface area contributed by atoms with Crippen LogP contribution < -0.4 is 21.9 Å². The average molecular weight is 509 g/mol. The van der Waals surface area contributed by atoms with Gasteiger partial charge in [0.05, 0.1) is 19.7 Å². The predicted molar refractivity (Wildman–Crippen MR) is 138 cm³/mol. The van der Waals surface area contributed by atoms with Gasteiger partial charge in [-0.1, -0.05) is 5.92 Å². The van der Waals surface area contributed by atoms with Crippen LogP contribution in [0.5, 0.6) is 0 Å². The standard InChI is InChI=1S/C25H32N8O4/c1-5-7-11-31-21-22(29-24(31)30-10-8-9-18(26)13-30)32(15-20(34)37-6-2)25(36)33(23(21)35)14-19-27-16(3)12-17(4)28-19/h12,18H,6,8-11,13-15,26H2,1-4H3. The number of esters is 1. The topological polar surface area (TPSA) is 143 Å². The van der Waals surface area contributed by atoms with Crippen LogP contribution in [0.15, 0.2) is 15.7 Å². The minimum Gasteiger partial charge on any atom is -0.465 e. The van der Waals surface area contributed by atoms with Crippen LogP contribution in [0.1, 0.15) is 43.9 Å². The highest BCUT2D eigenvalue weighted by Gasteiger charge is 2.27. The molecule has 2 N–H and O–H groups in total. The van der Waals surface area contributed by atoms with Crippen LogP contribution >= 0.6 is 0 Å². The lowest BCUT2D eigenvalue weighted by atomic mass is 10.1. The Balaban J connectivity index is 1.99. The summed E-state index contributed by atoms with van der Waals surface area (Å²) in [5.74, 6) is 6.06. The third-order valence-electron chi connectivity index (χ3n) is 6.17. The van der Waals surface area contributed by atoms with Crippen molar-refractivity contribution in [2.24, 2.45) is 5.73 Å². The first-order valence-electron chi connectivity index (χ1n) is 12.3. The van der Waals surface area contributed by atoms with Crippen LogP contribution in [-0.2, 0) is 29.2 Å². The molecule has 0 radical (unpaired) electrons. The van der Waals surface area contributed by atoms with Crippen LogP contribution in [-0.4, -0.2) is 60.4 Å². The third kappa shape index (κ3) is 5.41. The Labute approximate surface area is 214 Å². The van der Waals surface area contributed by atoms with Gasteiger partial charge >= 0.3 is 11.7 Å². The molecule has 0 spiro atoms. The second-order valence-electron chi connectivity index (χ2n) is 9.08. The van der Waals surface area contributed by atoms with Crippen LogP contribution in [0.25, 0.3) is 11.2 Å². The molecule has 4 heterocycles. The predicted octanol–water partition coefficient (Wildman–Crippen LogP) is 0.329. The summed E-state index contributed by atoms with van der Waals surface area (Å²) in [5, 5.41) is 0. The molecule has 1 aliphatic rings. The largest absolute Gasteiger partial charge is 0.465 e. The van der Waals surface area contributed by atoms with Crippen molar-refractivity contribution < 1.29 is 9.53 Å². The SMILES string of the molecule is CC#CCn1c(N2CCCC(N)C2)nc2c1c(=O)n(Cc1nc(C)cc(C)n1)c(=O)n2CC(=O)OCC. The van der Waals surface area contributed by atoms with E-state index in [1.807, 2.05) is 24.8 Å². The number of aryl methyl sites for hydroxylation is 2. The molecule has 196 valence electrons. The number of imidazole rings is 1. The maximum absolute atomic E-state index is 13.9. The summed E-state index contributed by atoms with van der Waals surface area (Å²) in [6.07, 6.45) is 1.76. The van der Waals surface area contributed by atoms with Gasteiger partial charge in [0.1, 0.15) is 12.4 Å². The van der Waals surface area contributed by atoms with E-state index in [-0.39, 0.29) is 36.9 Å². The Morgan fingerprint density at radius 3 is 2.54 bits per heavy atom. The number of piperidine rings is 1. The molecule has 1 unspecified atom stereocenters. The number of aromatic nitrogens is 6. The smallest absolute Gasteiger partial charge is 0.333 e. The minimum atomic E-state index is -0.693. The Hall–Kier alpha value is -3.98. The lowest BCUT2D eigenvalue weighted by Gasteiger charge is -2.31. The summed E-state index contributed by atoms with van der Waals surface area (Å²) in [7, 11) is 0. The van der Waals surface area contributed by atoms with Gasteiger partial charge < -0.3 is 15.4 Å². The van der Waals surface area contributed by atoms with Gasteiger partial charge in [-0.25, -0.2) is 14.8 Å². The van der Waals surface area contributed by atoms with Crippen molar-refractivity contribution in [1.82, 2.24) is 28.7 Å². The number of ether oxygens (including phenoxy) is 1. The van der Waals surface area contributed by atoms with Crippen molar-refractivity contribution in [2.75, 3.05) is 24.6 Å². The zero-order chi connectivity index (χ0) is 26.7. The van der Waals surface area contributed by atoms with Crippen molar-refractivity contribution in [3.05, 3.63) is 44.1 Å². The normalized spacial score (nSPS) is 15.5. The summed E-state index contributed by atoms with van der Waals surface area (Å²) < 4.78 is 9.03. The first-order valence-corrected chi connectivity index (χ1v) is 12.3. The maximum atomic E-state index is 13.9. The number of hydrogen-bond donors (Lipinski definition) is 1. The molecule has 0 bridgehead atoms. The van der Waals surface area contributed by atoms with E-state index in [1.165, 1.54) is 4.57 Å². The fraction of sp³-hybridized carbons (Fsp3) is 0.520. The monoisotopic (exact) mass is 508 g/mol. The molecule has 1 fully saturated rings. The van der Waals surface area contributed by atoms with Gasteiger partial charge in [0.25, 0.3) is 5.56 Å². The fourth-order valence-corrected chi connectivity index (χ4v) is 4.65. The molecule has 0 aromatic carbocycles. The maximum Gasteiger partial charge on any atom is 0.333 e. The molecule has 1 saturated heterocycles. The van der Waals surface area contributed by atoms with Crippen molar-refractivity contribution in [1.29, 1.82) is 0 Å². The Morgan fingerprint density at radius 1 is 1.16 bits per heavy atom. The number of rotatable bonds is 7. The molecule has 12 heteroatoms. The van der Waals surface area contributed by atoms with E-state index >= 15 is 0 Å². The van der Waals surface area contributed by atoms with Crippen molar-refractivity contribution >= 4 is 23.1 Å². The number of nitrogens with zero attached hydrogens (tertiary/aromatic N) is 7. The number of nitrogens with two attached hydrogens (primary N) is 1. The summed E-state index contributed by atoms with van der Waals surface area (Å²) in [6.45, 7) is 8.06. The van der Waals surface area contributed by atoms with E-state index in [9.17, 15) is 14.4 Å². The van der Waals surface area contributed by atoms with Gasteiger partial charge in [-0.3, -0.25) is 23.3 Å². The molecule has 1 atom stereocenters. The highest BCUT2D eigenvalue weighted by molar-refractivity contribution is 5.77. The van der Waals surface area contributed by atoms with Crippen LogP contribution in [0.3, 0.4) is 0 Å². The van der Waals surface area contributed by atoms with Crippen molar-refractivity contribution in [2.45, 2.75) is 66.2 Å². The molecule has 1 aliphatic heterocycles. The van der Waals surface area contributed by atoms with Crippen molar-refractivity contribution in [3.63, 3.8) is 0 Å². The molecular weight excluding hydrogens is 476 g/mol. The minimum absolute atomic E-state index is 0.0423. The number of carbonyl (C=O) groups excluding carboxylic acids is 1. The van der Waals surface area contributed by atoms with Crippen LogP contribution in [0, 0.1) is 25.7 Å². The molecule has 3 aromatic rings. The summed E-state index contributed by atoms with van der Waals surface area (Å²) in [5.41, 5.74) is 6.69. The molecule has 37 heavy (non-hydrogen) atoms. The van der Waals surface area contributed by atoms with E-state index in [0.717, 1.165) is 28.8 Å². The highest BCUT2D eigenvalue weighted by atomic mass is 16.5. The number of carbonyl (C=O) groups is 1. The van der Waals surface area contributed by atoms with E-state index < -0.39 is 23.8 Å². The summed E-state index contributed by atoms with van der Waals surface area (Å²) >= 11 is 0. The molecule has 0 saturated carbocycles. The first-order chi connectivity index (χ1) is 17.7. The van der Waals surface area contributed by atoms with Gasteiger partial charge in [-0.05, 0) is 46.6 Å². The van der Waals surface area contributed by atoms with Crippen molar-refractivity contribution in [3.8, 4) is 11.8 Å². The lowest BCUT2D eigenvalue weighted by molar-refractivity contribution is -0.143. The Kier molecular flexibility index (Phi) is 7.73. The van der Waals surface area contributed by atoms with E-state index in [0.29, 0.717) is 24.9 Å². The Bertz CT molecular complexity index is 1490. The average Bonchev–Trinajstić information content (AvgIpc) is 3.22.